The van der Waals surface area contributed by atoms with E-state index in [9.17, 15) is 4.79 Å². The number of amides is 1. The van der Waals surface area contributed by atoms with Crippen LogP contribution in [0.2, 0.25) is 0 Å². The molecule has 0 unspecified atom stereocenters. The molecule has 0 spiro atoms. The van der Waals surface area contributed by atoms with Crippen LogP contribution >= 0.6 is 0 Å². The van der Waals surface area contributed by atoms with Gasteiger partial charge >= 0.3 is 0 Å². The van der Waals surface area contributed by atoms with Gasteiger partial charge in [0.1, 0.15) is 6.33 Å². The molecule has 1 aromatic heterocycles. The number of hydrogen-bond acceptors (Lipinski definition) is 4. The van der Waals surface area contributed by atoms with Crippen LogP contribution in [0.3, 0.4) is 0 Å². The Kier molecular flexibility index (Phi) is 4.69. The number of aromatic nitrogens is 3. The molecule has 0 atom stereocenters. The number of nitrogens with one attached hydrogen (secondary N) is 2. The summed E-state index contributed by atoms with van der Waals surface area (Å²) in [6, 6.07) is 0.376. The number of carbonyl (C=O) groups is 1. The summed E-state index contributed by atoms with van der Waals surface area (Å²) in [5.74, 6) is 0.779. The van der Waals surface area contributed by atoms with Crippen molar-refractivity contribution in [3.05, 3.63) is 12.2 Å². The van der Waals surface area contributed by atoms with Gasteiger partial charge in [-0.1, -0.05) is 19.3 Å². The summed E-state index contributed by atoms with van der Waals surface area (Å²) in [7, 11) is 1.83. The van der Waals surface area contributed by atoms with Gasteiger partial charge in [-0.2, -0.15) is 5.10 Å². The van der Waals surface area contributed by atoms with Crippen LogP contribution in [0.15, 0.2) is 6.33 Å². The highest BCUT2D eigenvalue weighted by atomic mass is 16.1. The maximum atomic E-state index is 11.7. The van der Waals surface area contributed by atoms with Gasteiger partial charge in [0.15, 0.2) is 5.82 Å². The molecule has 1 aliphatic carbocycles. The van der Waals surface area contributed by atoms with Crippen molar-refractivity contribution in [1.82, 2.24) is 25.4 Å². The molecule has 1 saturated carbocycles. The zero-order chi connectivity index (χ0) is 12.8. The van der Waals surface area contributed by atoms with Gasteiger partial charge in [0.25, 0.3) is 0 Å². The Balaban J connectivity index is 1.62. The van der Waals surface area contributed by atoms with Crippen LogP contribution in [0.4, 0.5) is 0 Å². The first kappa shape index (κ1) is 13.0. The van der Waals surface area contributed by atoms with Crippen LogP contribution in [0.25, 0.3) is 0 Å². The normalized spacial score (nSPS) is 16.7. The molecule has 0 saturated heterocycles. The minimum atomic E-state index is 0.0674. The lowest BCUT2D eigenvalue weighted by Crippen LogP contribution is -2.41. The summed E-state index contributed by atoms with van der Waals surface area (Å²) < 4.78 is 1.65. The molecule has 1 fully saturated rings. The predicted molar refractivity (Wildman–Crippen MR) is 67.7 cm³/mol. The average molecular weight is 251 g/mol. The second kappa shape index (κ2) is 6.49. The van der Waals surface area contributed by atoms with Crippen molar-refractivity contribution in [3.8, 4) is 0 Å². The van der Waals surface area contributed by atoms with Crippen molar-refractivity contribution < 1.29 is 4.79 Å². The first-order valence-corrected chi connectivity index (χ1v) is 6.58. The highest BCUT2D eigenvalue weighted by molar-refractivity contribution is 5.78. The zero-order valence-corrected chi connectivity index (χ0v) is 10.9. The summed E-state index contributed by atoms with van der Waals surface area (Å²) in [6.07, 6.45) is 7.66. The highest BCUT2D eigenvalue weighted by Gasteiger charge is 2.15. The standard InChI is InChI=1S/C12H21N5O/c1-17-9-14-11(16-17)7-13-8-12(18)15-10-5-3-2-4-6-10/h9-10,13H,2-8H2,1H3,(H,15,18). The molecule has 1 amide bonds. The Hall–Kier alpha value is -1.43. The van der Waals surface area contributed by atoms with Crippen LogP contribution < -0.4 is 10.6 Å². The predicted octanol–water partition coefficient (Wildman–Crippen LogP) is 0.354. The number of rotatable bonds is 5. The first-order valence-electron chi connectivity index (χ1n) is 6.58. The Bertz CT molecular complexity index is 384. The third kappa shape index (κ3) is 4.10. The van der Waals surface area contributed by atoms with Gasteiger partial charge in [-0.15, -0.1) is 0 Å². The largest absolute Gasteiger partial charge is 0.352 e. The topological polar surface area (TPSA) is 71.8 Å². The molecule has 1 aliphatic rings. The molecule has 0 aliphatic heterocycles. The third-order valence-electron chi connectivity index (χ3n) is 3.19. The smallest absolute Gasteiger partial charge is 0.234 e. The molecular formula is C12H21N5O. The molecule has 2 rings (SSSR count). The van der Waals surface area contributed by atoms with Gasteiger partial charge in [-0.25, -0.2) is 4.98 Å². The van der Waals surface area contributed by atoms with Crippen LogP contribution in [-0.4, -0.2) is 33.3 Å². The van der Waals surface area contributed by atoms with E-state index in [-0.39, 0.29) is 5.91 Å². The van der Waals surface area contributed by atoms with E-state index in [4.69, 9.17) is 0 Å². The lowest BCUT2D eigenvalue weighted by Gasteiger charge is -2.22. The van der Waals surface area contributed by atoms with Crippen molar-refractivity contribution in [3.63, 3.8) is 0 Å². The molecule has 18 heavy (non-hydrogen) atoms. The van der Waals surface area contributed by atoms with Gasteiger partial charge in [-0.3, -0.25) is 9.48 Å². The molecular weight excluding hydrogens is 230 g/mol. The van der Waals surface area contributed by atoms with Gasteiger partial charge in [-0.05, 0) is 12.8 Å². The molecule has 2 N–H and O–H groups in total. The molecule has 6 heteroatoms. The van der Waals surface area contributed by atoms with E-state index in [1.54, 1.807) is 11.0 Å². The van der Waals surface area contributed by atoms with Crippen molar-refractivity contribution in [2.24, 2.45) is 7.05 Å². The number of nitrogens with zero attached hydrogens (tertiary/aromatic N) is 3. The summed E-state index contributed by atoms with van der Waals surface area (Å²) >= 11 is 0. The van der Waals surface area contributed by atoms with Crippen LogP contribution in [0.5, 0.6) is 0 Å². The lowest BCUT2D eigenvalue weighted by atomic mass is 9.95. The van der Waals surface area contributed by atoms with Crippen LogP contribution in [0, 0.1) is 0 Å². The zero-order valence-electron chi connectivity index (χ0n) is 10.9. The van der Waals surface area contributed by atoms with E-state index < -0.39 is 0 Å². The van der Waals surface area contributed by atoms with E-state index in [0.717, 1.165) is 12.8 Å². The monoisotopic (exact) mass is 251 g/mol. The fourth-order valence-electron chi connectivity index (χ4n) is 2.28. The van der Waals surface area contributed by atoms with E-state index in [1.807, 2.05) is 7.05 Å². The molecule has 0 radical (unpaired) electrons. The van der Waals surface area contributed by atoms with Crippen LogP contribution in [-0.2, 0) is 18.4 Å². The second-order valence-corrected chi connectivity index (χ2v) is 4.84. The fourth-order valence-corrected chi connectivity index (χ4v) is 2.28. The Morgan fingerprint density at radius 3 is 2.89 bits per heavy atom. The maximum Gasteiger partial charge on any atom is 0.234 e. The molecule has 0 bridgehead atoms. The number of aryl methyl sites for hydroxylation is 1. The molecule has 1 heterocycles. The summed E-state index contributed by atoms with van der Waals surface area (Å²) in [4.78, 5) is 15.8. The summed E-state index contributed by atoms with van der Waals surface area (Å²) in [6.45, 7) is 0.855. The van der Waals surface area contributed by atoms with Gasteiger partial charge in [0.05, 0.1) is 13.1 Å². The van der Waals surface area contributed by atoms with Gasteiger partial charge in [0, 0.05) is 13.1 Å². The van der Waals surface area contributed by atoms with Gasteiger partial charge < -0.3 is 10.6 Å². The number of hydrogen-bond donors (Lipinski definition) is 2. The minimum absolute atomic E-state index is 0.0674. The molecule has 1 aromatic rings. The highest BCUT2D eigenvalue weighted by Crippen LogP contribution is 2.16. The van der Waals surface area contributed by atoms with E-state index in [1.165, 1.54) is 19.3 Å². The van der Waals surface area contributed by atoms with E-state index >= 15 is 0 Å². The minimum Gasteiger partial charge on any atom is -0.352 e. The number of carbonyl (C=O) groups excluding carboxylic acids is 1. The fraction of sp³-hybridized carbons (Fsp3) is 0.750. The maximum absolute atomic E-state index is 11.7. The average Bonchev–Trinajstić information content (AvgIpc) is 2.76. The molecule has 6 nitrogen and oxygen atoms in total. The first-order chi connectivity index (χ1) is 8.74. The second-order valence-electron chi connectivity index (χ2n) is 4.84. The lowest BCUT2D eigenvalue weighted by molar-refractivity contribution is -0.121. The van der Waals surface area contributed by atoms with Crippen molar-refractivity contribution >= 4 is 5.91 Å². The Morgan fingerprint density at radius 2 is 2.22 bits per heavy atom. The summed E-state index contributed by atoms with van der Waals surface area (Å²) in [5, 5.41) is 10.3. The van der Waals surface area contributed by atoms with Crippen molar-refractivity contribution in [1.29, 1.82) is 0 Å². The Morgan fingerprint density at radius 1 is 1.44 bits per heavy atom. The molecule has 100 valence electrons. The van der Waals surface area contributed by atoms with Crippen molar-refractivity contribution in [2.45, 2.75) is 44.7 Å². The SMILES string of the molecule is Cn1cnc(CNCC(=O)NC2CCCCC2)n1. The Labute approximate surface area is 107 Å². The quantitative estimate of drug-likeness (QED) is 0.792. The van der Waals surface area contributed by atoms with Crippen LogP contribution in [0.1, 0.15) is 37.9 Å². The van der Waals surface area contributed by atoms with E-state index in [2.05, 4.69) is 20.7 Å². The van der Waals surface area contributed by atoms with Crippen molar-refractivity contribution in [2.75, 3.05) is 6.54 Å². The van der Waals surface area contributed by atoms with E-state index in [0.29, 0.717) is 25.0 Å². The molecule has 0 aromatic carbocycles. The third-order valence-corrected chi connectivity index (χ3v) is 3.19. The summed E-state index contributed by atoms with van der Waals surface area (Å²) in [5.41, 5.74) is 0. The van der Waals surface area contributed by atoms with Gasteiger partial charge in [0.2, 0.25) is 5.91 Å².